The summed E-state index contributed by atoms with van der Waals surface area (Å²) in [4.78, 5) is 26.4. The van der Waals surface area contributed by atoms with E-state index in [4.69, 9.17) is 4.74 Å². The smallest absolute Gasteiger partial charge is 0.272 e. The van der Waals surface area contributed by atoms with Gasteiger partial charge in [0.1, 0.15) is 11.3 Å². The average Bonchev–Trinajstić information content (AvgIpc) is 3.17. The van der Waals surface area contributed by atoms with Gasteiger partial charge in [0.05, 0.1) is 25.4 Å². The van der Waals surface area contributed by atoms with Crippen LogP contribution in [-0.4, -0.2) is 58.3 Å². The van der Waals surface area contributed by atoms with Crippen LogP contribution >= 0.6 is 0 Å². The number of ether oxygens (including phenoxy) is 1. The van der Waals surface area contributed by atoms with Crippen molar-refractivity contribution >= 4 is 11.8 Å². The van der Waals surface area contributed by atoms with Crippen molar-refractivity contribution in [1.29, 1.82) is 0 Å². The third-order valence-electron chi connectivity index (χ3n) is 5.51. The Morgan fingerprint density at radius 1 is 1.36 bits per heavy atom. The van der Waals surface area contributed by atoms with Crippen LogP contribution in [0.2, 0.25) is 0 Å². The number of carbonyl (C=O) groups is 2. The summed E-state index contributed by atoms with van der Waals surface area (Å²) >= 11 is 0. The number of likely N-dealkylation sites (tertiary alicyclic amines) is 1. The minimum atomic E-state index is -0.245. The highest BCUT2D eigenvalue weighted by molar-refractivity contribution is 5.93. The number of nitrogens with zero attached hydrogens (tertiary/aromatic N) is 3. The van der Waals surface area contributed by atoms with E-state index < -0.39 is 0 Å². The average molecular weight is 346 g/mol. The summed E-state index contributed by atoms with van der Waals surface area (Å²) in [6.07, 6.45) is 3.88. The molecule has 1 aromatic heterocycles. The molecule has 0 aromatic carbocycles. The van der Waals surface area contributed by atoms with Crippen molar-refractivity contribution in [3.63, 3.8) is 0 Å². The summed E-state index contributed by atoms with van der Waals surface area (Å²) in [5, 5.41) is 7.26. The highest BCUT2D eigenvalue weighted by Crippen LogP contribution is 2.39. The van der Waals surface area contributed by atoms with Crippen molar-refractivity contribution in [2.45, 2.75) is 38.2 Å². The molecule has 1 atom stereocenters. The topological polar surface area (TPSA) is 76.5 Å². The highest BCUT2D eigenvalue weighted by Gasteiger charge is 2.51. The largest absolute Gasteiger partial charge is 0.371 e. The molecule has 0 radical (unpaired) electrons. The van der Waals surface area contributed by atoms with Crippen LogP contribution in [0.15, 0.2) is 6.07 Å². The molecule has 1 aliphatic carbocycles. The zero-order valence-electron chi connectivity index (χ0n) is 15.0. The number of amides is 2. The molecule has 0 bridgehead atoms. The normalized spacial score (nSPS) is 24.4. The van der Waals surface area contributed by atoms with Crippen LogP contribution in [0.3, 0.4) is 0 Å². The maximum atomic E-state index is 12.6. The molecule has 2 aliphatic heterocycles. The molecule has 2 amide bonds. The van der Waals surface area contributed by atoms with E-state index in [1.165, 1.54) is 12.8 Å². The fraction of sp³-hybridized carbons (Fsp3) is 0.722. The van der Waals surface area contributed by atoms with Gasteiger partial charge in [0.25, 0.3) is 5.91 Å². The Balaban J connectivity index is 1.26. The second-order valence-corrected chi connectivity index (χ2v) is 7.97. The van der Waals surface area contributed by atoms with Gasteiger partial charge in [-0.15, -0.1) is 0 Å². The van der Waals surface area contributed by atoms with Crippen molar-refractivity contribution in [3.05, 3.63) is 17.5 Å². The summed E-state index contributed by atoms with van der Waals surface area (Å²) in [5.74, 6) is 1.10. The molecule has 1 saturated carbocycles. The van der Waals surface area contributed by atoms with E-state index >= 15 is 0 Å². The number of carbonyl (C=O) groups excluding carboxylic acids is 2. The Kier molecular flexibility index (Phi) is 4.06. The molecule has 2 saturated heterocycles. The van der Waals surface area contributed by atoms with Gasteiger partial charge >= 0.3 is 0 Å². The number of hydrogen-bond donors (Lipinski definition) is 1. The van der Waals surface area contributed by atoms with Gasteiger partial charge in [-0.2, -0.15) is 5.10 Å². The lowest BCUT2D eigenvalue weighted by atomic mass is 9.85. The van der Waals surface area contributed by atoms with Crippen LogP contribution < -0.4 is 5.32 Å². The molecule has 7 heteroatoms. The van der Waals surface area contributed by atoms with Crippen molar-refractivity contribution in [2.75, 3.05) is 26.2 Å². The first kappa shape index (κ1) is 16.6. The van der Waals surface area contributed by atoms with Crippen LogP contribution in [0.5, 0.6) is 0 Å². The van der Waals surface area contributed by atoms with Crippen molar-refractivity contribution in [3.8, 4) is 0 Å². The Morgan fingerprint density at radius 3 is 2.76 bits per heavy atom. The number of nitrogens with one attached hydrogen (secondary N) is 1. The van der Waals surface area contributed by atoms with E-state index in [1.54, 1.807) is 11.7 Å². The summed E-state index contributed by atoms with van der Waals surface area (Å²) in [7, 11) is 1.79. The standard InChI is InChI=1S/C18H26N4O3/c1-12-5-15(21(2)20-12)17(24)22-10-18(11-22)7-14(9-25-18)6-16(23)19-8-13-3-4-13/h5,13-14H,3-4,6-11H2,1-2H3,(H,19,23). The molecular weight excluding hydrogens is 320 g/mol. The van der Waals surface area contributed by atoms with Crippen molar-refractivity contribution < 1.29 is 14.3 Å². The first-order valence-electron chi connectivity index (χ1n) is 9.15. The zero-order chi connectivity index (χ0) is 17.6. The molecule has 3 fully saturated rings. The fourth-order valence-electron chi connectivity index (χ4n) is 3.97. The van der Waals surface area contributed by atoms with Gasteiger partial charge in [-0.05, 0) is 44.1 Å². The number of aryl methyl sites for hydroxylation is 2. The van der Waals surface area contributed by atoms with Gasteiger partial charge in [0, 0.05) is 20.0 Å². The number of rotatable bonds is 5. The van der Waals surface area contributed by atoms with E-state index in [2.05, 4.69) is 10.4 Å². The molecule has 136 valence electrons. The Hall–Kier alpha value is -1.89. The Morgan fingerprint density at radius 2 is 2.12 bits per heavy atom. The number of aromatic nitrogens is 2. The third-order valence-corrected chi connectivity index (χ3v) is 5.51. The SMILES string of the molecule is Cc1cc(C(=O)N2CC3(CC(CC(=O)NCC4CC4)CO3)C2)n(C)n1. The summed E-state index contributed by atoms with van der Waals surface area (Å²) in [6.45, 7) is 4.54. The van der Waals surface area contributed by atoms with Gasteiger partial charge in [-0.25, -0.2) is 0 Å². The molecule has 3 heterocycles. The molecule has 3 aliphatic rings. The molecule has 4 rings (SSSR count). The van der Waals surface area contributed by atoms with Crippen LogP contribution in [0.1, 0.15) is 41.9 Å². The summed E-state index contributed by atoms with van der Waals surface area (Å²) in [5.41, 5.74) is 1.21. The summed E-state index contributed by atoms with van der Waals surface area (Å²) < 4.78 is 7.61. The Bertz CT molecular complexity index is 688. The summed E-state index contributed by atoms with van der Waals surface area (Å²) in [6, 6.07) is 1.82. The Labute approximate surface area is 147 Å². The van der Waals surface area contributed by atoms with Gasteiger partial charge < -0.3 is 15.0 Å². The van der Waals surface area contributed by atoms with Crippen molar-refractivity contribution in [2.24, 2.45) is 18.9 Å². The van der Waals surface area contributed by atoms with E-state index in [-0.39, 0.29) is 23.3 Å². The van der Waals surface area contributed by atoms with E-state index in [9.17, 15) is 9.59 Å². The second-order valence-electron chi connectivity index (χ2n) is 7.97. The molecule has 1 unspecified atom stereocenters. The van der Waals surface area contributed by atoms with Gasteiger partial charge in [0.15, 0.2) is 0 Å². The van der Waals surface area contributed by atoms with E-state index in [0.717, 1.165) is 18.7 Å². The fourth-order valence-corrected chi connectivity index (χ4v) is 3.97. The lowest BCUT2D eigenvalue weighted by molar-refractivity contribution is -0.122. The zero-order valence-corrected chi connectivity index (χ0v) is 15.0. The molecule has 25 heavy (non-hydrogen) atoms. The van der Waals surface area contributed by atoms with Crippen molar-refractivity contribution in [1.82, 2.24) is 20.0 Å². The van der Waals surface area contributed by atoms with Crippen LogP contribution in [0.25, 0.3) is 0 Å². The van der Waals surface area contributed by atoms with Crippen LogP contribution in [0, 0.1) is 18.8 Å². The monoisotopic (exact) mass is 346 g/mol. The van der Waals surface area contributed by atoms with E-state index in [0.29, 0.717) is 37.7 Å². The molecule has 1 aromatic rings. The van der Waals surface area contributed by atoms with Gasteiger partial charge in [-0.3, -0.25) is 14.3 Å². The van der Waals surface area contributed by atoms with Crippen LogP contribution in [-0.2, 0) is 16.6 Å². The minimum absolute atomic E-state index is 0.00273. The first-order chi connectivity index (χ1) is 11.9. The molecular formula is C18H26N4O3. The third kappa shape index (κ3) is 3.42. The van der Waals surface area contributed by atoms with E-state index in [1.807, 2.05) is 17.9 Å². The predicted molar refractivity (Wildman–Crippen MR) is 91.0 cm³/mol. The molecule has 7 nitrogen and oxygen atoms in total. The van der Waals surface area contributed by atoms with Gasteiger partial charge in [-0.1, -0.05) is 0 Å². The quantitative estimate of drug-likeness (QED) is 0.858. The maximum Gasteiger partial charge on any atom is 0.272 e. The molecule has 1 N–H and O–H groups in total. The lowest BCUT2D eigenvalue weighted by Gasteiger charge is -2.47. The van der Waals surface area contributed by atoms with Crippen LogP contribution in [0.4, 0.5) is 0 Å². The van der Waals surface area contributed by atoms with Gasteiger partial charge in [0.2, 0.25) is 5.91 Å². The number of hydrogen-bond acceptors (Lipinski definition) is 4. The predicted octanol–water partition coefficient (Wildman–Crippen LogP) is 0.876. The maximum absolute atomic E-state index is 12.6. The second kappa shape index (κ2) is 6.12. The molecule has 1 spiro atoms. The lowest BCUT2D eigenvalue weighted by Crippen LogP contribution is -2.63. The first-order valence-corrected chi connectivity index (χ1v) is 9.15. The highest BCUT2D eigenvalue weighted by atomic mass is 16.5. The minimum Gasteiger partial charge on any atom is -0.371 e.